The van der Waals surface area contributed by atoms with E-state index in [-0.39, 0.29) is 12.3 Å². The summed E-state index contributed by atoms with van der Waals surface area (Å²) in [6, 6.07) is 9.01. The van der Waals surface area contributed by atoms with Gasteiger partial charge in [0.05, 0.1) is 0 Å². The minimum atomic E-state index is -0.500. The number of imide groups is 1. The van der Waals surface area contributed by atoms with Crippen LogP contribution in [0.4, 0.5) is 4.79 Å². The van der Waals surface area contributed by atoms with Crippen molar-refractivity contribution in [2.24, 2.45) is 0 Å². The number of carbonyl (C=O) groups is 2. The standard InChI is InChI=1S/C19H26N6O2S/c20-25-17(15-9-5-2-6-10-15)23-24-19(25)28-12-11-16(26)22-18(27)21-13-14-7-3-1-4-8-14/h1,3-4,7-8,15H,2,5-6,9-13,20H2,(H2,21,22,26,27). The fraction of sp³-hybridized carbons (Fsp3) is 0.474. The summed E-state index contributed by atoms with van der Waals surface area (Å²) in [5, 5.41) is 14.0. The van der Waals surface area contributed by atoms with Crippen molar-refractivity contribution in [3.8, 4) is 0 Å². The summed E-state index contributed by atoms with van der Waals surface area (Å²) in [5.74, 6) is 7.46. The number of carbonyl (C=O) groups excluding carboxylic acids is 2. The molecule has 1 heterocycles. The zero-order chi connectivity index (χ0) is 19.8. The molecule has 0 unspecified atom stereocenters. The van der Waals surface area contributed by atoms with E-state index in [4.69, 9.17) is 5.84 Å². The Morgan fingerprint density at radius 3 is 2.64 bits per heavy atom. The van der Waals surface area contributed by atoms with Gasteiger partial charge in [-0.1, -0.05) is 61.4 Å². The van der Waals surface area contributed by atoms with Gasteiger partial charge in [0.25, 0.3) is 0 Å². The van der Waals surface area contributed by atoms with Crippen molar-refractivity contribution in [2.45, 2.75) is 56.1 Å². The van der Waals surface area contributed by atoms with E-state index in [0.29, 0.717) is 23.4 Å². The van der Waals surface area contributed by atoms with Crippen molar-refractivity contribution in [2.75, 3.05) is 11.6 Å². The van der Waals surface area contributed by atoms with Crippen LogP contribution in [-0.2, 0) is 11.3 Å². The maximum atomic E-state index is 11.9. The fourth-order valence-electron chi connectivity index (χ4n) is 3.27. The molecule has 1 aliphatic rings. The Hall–Kier alpha value is -2.55. The van der Waals surface area contributed by atoms with Crippen LogP contribution >= 0.6 is 11.8 Å². The van der Waals surface area contributed by atoms with Crippen LogP contribution in [-0.4, -0.2) is 32.6 Å². The van der Waals surface area contributed by atoms with E-state index >= 15 is 0 Å². The normalized spacial score (nSPS) is 14.6. The van der Waals surface area contributed by atoms with Gasteiger partial charge in [0.2, 0.25) is 11.1 Å². The predicted molar refractivity (Wildman–Crippen MR) is 108 cm³/mol. The highest BCUT2D eigenvalue weighted by molar-refractivity contribution is 7.99. The Kier molecular flexibility index (Phi) is 7.30. The lowest BCUT2D eigenvalue weighted by atomic mass is 9.89. The van der Waals surface area contributed by atoms with Gasteiger partial charge >= 0.3 is 6.03 Å². The van der Waals surface area contributed by atoms with Crippen molar-refractivity contribution in [3.05, 3.63) is 41.7 Å². The molecular weight excluding hydrogens is 376 g/mol. The summed E-state index contributed by atoms with van der Waals surface area (Å²) in [5.41, 5.74) is 0.969. The highest BCUT2D eigenvalue weighted by atomic mass is 32.2. The Morgan fingerprint density at radius 2 is 1.89 bits per heavy atom. The molecule has 1 saturated carbocycles. The van der Waals surface area contributed by atoms with Crippen LogP contribution in [0.5, 0.6) is 0 Å². The molecule has 1 aromatic carbocycles. The highest BCUT2D eigenvalue weighted by Gasteiger charge is 2.22. The zero-order valence-electron chi connectivity index (χ0n) is 15.8. The third-order valence-corrected chi connectivity index (χ3v) is 5.72. The van der Waals surface area contributed by atoms with E-state index in [0.717, 1.165) is 24.2 Å². The second-order valence-corrected chi connectivity index (χ2v) is 7.92. The van der Waals surface area contributed by atoms with Crippen LogP contribution in [0.2, 0.25) is 0 Å². The summed E-state index contributed by atoms with van der Waals surface area (Å²) in [6.07, 6.45) is 6.06. The molecule has 3 rings (SSSR count). The van der Waals surface area contributed by atoms with E-state index in [1.54, 1.807) is 4.68 Å². The number of thioether (sulfide) groups is 1. The first-order chi connectivity index (χ1) is 13.6. The number of nitrogens with zero attached hydrogens (tertiary/aromatic N) is 3. The van der Waals surface area contributed by atoms with E-state index in [1.165, 1.54) is 31.0 Å². The summed E-state index contributed by atoms with van der Waals surface area (Å²) in [6.45, 7) is 0.370. The molecule has 0 saturated heterocycles. The molecule has 0 spiro atoms. The number of hydrogen-bond donors (Lipinski definition) is 3. The minimum absolute atomic E-state index is 0.190. The van der Waals surface area contributed by atoms with Gasteiger partial charge < -0.3 is 11.2 Å². The highest BCUT2D eigenvalue weighted by Crippen LogP contribution is 2.32. The second-order valence-electron chi connectivity index (χ2n) is 6.86. The molecule has 0 atom stereocenters. The molecule has 0 aliphatic heterocycles. The average molecular weight is 403 g/mol. The number of nitrogens with one attached hydrogen (secondary N) is 2. The van der Waals surface area contributed by atoms with Crippen molar-refractivity contribution >= 4 is 23.7 Å². The Morgan fingerprint density at radius 1 is 1.14 bits per heavy atom. The van der Waals surface area contributed by atoms with Gasteiger partial charge in [-0.3, -0.25) is 10.1 Å². The topological polar surface area (TPSA) is 115 Å². The molecule has 0 bridgehead atoms. The maximum Gasteiger partial charge on any atom is 0.321 e. The molecule has 9 heteroatoms. The number of aromatic nitrogens is 3. The summed E-state index contributed by atoms with van der Waals surface area (Å²) in [4.78, 5) is 23.7. The third kappa shape index (κ3) is 5.72. The van der Waals surface area contributed by atoms with Crippen LogP contribution in [0, 0.1) is 0 Å². The number of rotatable bonds is 7. The lowest BCUT2D eigenvalue weighted by molar-refractivity contribution is -0.119. The molecule has 150 valence electrons. The lowest BCUT2D eigenvalue weighted by Crippen LogP contribution is -2.39. The van der Waals surface area contributed by atoms with E-state index in [1.807, 2.05) is 30.3 Å². The number of amides is 3. The maximum absolute atomic E-state index is 11.9. The van der Waals surface area contributed by atoms with Crippen molar-refractivity contribution in [3.63, 3.8) is 0 Å². The van der Waals surface area contributed by atoms with E-state index in [2.05, 4.69) is 20.8 Å². The number of nitrogens with two attached hydrogens (primary N) is 1. The average Bonchev–Trinajstić information content (AvgIpc) is 3.08. The molecule has 2 aromatic rings. The second kappa shape index (κ2) is 10.1. The number of urea groups is 1. The molecule has 3 amide bonds. The monoisotopic (exact) mass is 402 g/mol. The largest absolute Gasteiger partial charge is 0.336 e. The minimum Gasteiger partial charge on any atom is -0.336 e. The zero-order valence-corrected chi connectivity index (χ0v) is 16.6. The van der Waals surface area contributed by atoms with Gasteiger partial charge in [0.1, 0.15) is 0 Å². The number of hydrogen-bond acceptors (Lipinski definition) is 6. The molecule has 28 heavy (non-hydrogen) atoms. The number of benzene rings is 1. The van der Waals surface area contributed by atoms with Gasteiger partial charge in [0, 0.05) is 24.6 Å². The molecule has 1 aromatic heterocycles. The fourth-order valence-corrected chi connectivity index (χ4v) is 4.07. The van der Waals surface area contributed by atoms with Crippen LogP contribution in [0.1, 0.15) is 55.8 Å². The van der Waals surface area contributed by atoms with Gasteiger partial charge in [-0.05, 0) is 18.4 Å². The summed E-state index contributed by atoms with van der Waals surface area (Å²) in [7, 11) is 0. The van der Waals surface area contributed by atoms with Crippen LogP contribution in [0.15, 0.2) is 35.5 Å². The molecule has 0 radical (unpaired) electrons. The van der Waals surface area contributed by atoms with Crippen LogP contribution in [0.3, 0.4) is 0 Å². The van der Waals surface area contributed by atoms with E-state index in [9.17, 15) is 9.59 Å². The first-order valence-electron chi connectivity index (χ1n) is 9.58. The van der Waals surface area contributed by atoms with Crippen LogP contribution < -0.4 is 16.5 Å². The Labute approximate surface area is 168 Å². The van der Waals surface area contributed by atoms with Crippen molar-refractivity contribution in [1.82, 2.24) is 25.5 Å². The van der Waals surface area contributed by atoms with Gasteiger partial charge in [-0.15, -0.1) is 10.2 Å². The summed E-state index contributed by atoms with van der Waals surface area (Å²) < 4.78 is 1.55. The Bertz CT molecular complexity index is 789. The first-order valence-corrected chi connectivity index (χ1v) is 10.6. The molecule has 1 fully saturated rings. The summed E-state index contributed by atoms with van der Waals surface area (Å²) >= 11 is 1.37. The third-order valence-electron chi connectivity index (χ3n) is 4.77. The predicted octanol–water partition coefficient (Wildman–Crippen LogP) is 2.55. The van der Waals surface area contributed by atoms with Gasteiger partial charge in [-0.2, -0.15) is 0 Å². The quantitative estimate of drug-likeness (QED) is 0.484. The molecular formula is C19H26N6O2S. The van der Waals surface area contributed by atoms with Gasteiger partial charge in [0.15, 0.2) is 5.82 Å². The van der Waals surface area contributed by atoms with Crippen molar-refractivity contribution < 1.29 is 9.59 Å². The first kappa shape index (κ1) is 20.2. The van der Waals surface area contributed by atoms with Crippen molar-refractivity contribution in [1.29, 1.82) is 0 Å². The smallest absolute Gasteiger partial charge is 0.321 e. The molecule has 1 aliphatic carbocycles. The lowest BCUT2D eigenvalue weighted by Gasteiger charge is -2.20. The Balaban J connectivity index is 1.38. The van der Waals surface area contributed by atoms with Gasteiger partial charge in [-0.25, -0.2) is 9.47 Å². The SMILES string of the molecule is Nn1c(SCCC(=O)NC(=O)NCc2ccccc2)nnc1C1CCCCC1. The molecule has 4 N–H and O–H groups in total. The van der Waals surface area contributed by atoms with Crippen LogP contribution in [0.25, 0.3) is 0 Å². The molecule has 8 nitrogen and oxygen atoms in total. The number of nitrogen functional groups attached to an aromatic ring is 1. The van der Waals surface area contributed by atoms with E-state index < -0.39 is 6.03 Å².